The van der Waals surface area contributed by atoms with E-state index >= 15 is 0 Å². The van der Waals surface area contributed by atoms with Crippen LogP contribution < -0.4 is 0 Å². The summed E-state index contributed by atoms with van der Waals surface area (Å²) in [6, 6.07) is 5.78. The first-order valence-corrected chi connectivity index (χ1v) is 6.05. The molecule has 0 amide bonds. The Morgan fingerprint density at radius 2 is 2.06 bits per heavy atom. The maximum Gasteiger partial charge on any atom is 0.119 e. The Morgan fingerprint density at radius 1 is 1.28 bits per heavy atom. The minimum atomic E-state index is 0.333. The predicted molar refractivity (Wildman–Crippen MR) is 74.3 cm³/mol. The van der Waals surface area contributed by atoms with E-state index in [0.717, 1.165) is 16.8 Å². The van der Waals surface area contributed by atoms with E-state index < -0.39 is 0 Å². The summed E-state index contributed by atoms with van der Waals surface area (Å²) in [5, 5.41) is 9.92. The molecule has 3 heteroatoms. The van der Waals surface area contributed by atoms with Crippen molar-refractivity contribution in [2.24, 2.45) is 7.05 Å². The number of imidazole rings is 1. The SMILES string of the molecule is CC(C)c1ccc(/C=C/c2cncn2C)cc1O. The molecule has 0 aliphatic carbocycles. The van der Waals surface area contributed by atoms with Crippen LogP contribution in [0.5, 0.6) is 5.75 Å². The molecule has 2 aromatic rings. The Hall–Kier alpha value is -2.03. The number of rotatable bonds is 3. The average molecular weight is 242 g/mol. The maximum atomic E-state index is 9.92. The zero-order valence-corrected chi connectivity index (χ0v) is 11.0. The van der Waals surface area contributed by atoms with Gasteiger partial charge in [0, 0.05) is 7.05 Å². The molecular formula is C15H18N2O. The summed E-state index contributed by atoms with van der Waals surface area (Å²) < 4.78 is 1.94. The lowest BCUT2D eigenvalue weighted by Crippen LogP contribution is -1.89. The zero-order chi connectivity index (χ0) is 13.1. The van der Waals surface area contributed by atoms with Crippen LogP contribution in [-0.4, -0.2) is 14.7 Å². The fourth-order valence-corrected chi connectivity index (χ4v) is 1.86. The second kappa shape index (κ2) is 5.08. The summed E-state index contributed by atoms with van der Waals surface area (Å²) >= 11 is 0. The summed E-state index contributed by atoms with van der Waals surface area (Å²) in [6.45, 7) is 4.14. The molecular weight excluding hydrogens is 224 g/mol. The van der Waals surface area contributed by atoms with E-state index in [1.165, 1.54) is 0 Å². The Balaban J connectivity index is 2.23. The van der Waals surface area contributed by atoms with Gasteiger partial charge in [-0.15, -0.1) is 0 Å². The number of benzene rings is 1. The highest BCUT2D eigenvalue weighted by Gasteiger charge is 2.05. The lowest BCUT2D eigenvalue weighted by atomic mass is 10.0. The largest absolute Gasteiger partial charge is 0.508 e. The minimum Gasteiger partial charge on any atom is -0.508 e. The van der Waals surface area contributed by atoms with Crippen LogP contribution in [-0.2, 0) is 7.05 Å². The molecule has 2 rings (SSSR count). The molecule has 0 saturated heterocycles. The van der Waals surface area contributed by atoms with Crippen molar-refractivity contribution in [2.75, 3.05) is 0 Å². The third-order valence-corrected chi connectivity index (χ3v) is 2.98. The Labute approximate surface area is 107 Å². The van der Waals surface area contributed by atoms with Crippen molar-refractivity contribution in [1.82, 2.24) is 9.55 Å². The lowest BCUT2D eigenvalue weighted by molar-refractivity contribution is 0.465. The first-order chi connectivity index (χ1) is 8.58. The van der Waals surface area contributed by atoms with Crippen LogP contribution in [0.1, 0.15) is 36.6 Å². The molecule has 1 N–H and O–H groups in total. The maximum absolute atomic E-state index is 9.92. The van der Waals surface area contributed by atoms with Gasteiger partial charge in [-0.05, 0) is 29.2 Å². The molecule has 0 fully saturated rings. The highest BCUT2D eigenvalue weighted by atomic mass is 16.3. The van der Waals surface area contributed by atoms with Crippen LogP contribution in [0.25, 0.3) is 12.2 Å². The first-order valence-electron chi connectivity index (χ1n) is 6.05. The number of aryl methyl sites for hydroxylation is 1. The van der Waals surface area contributed by atoms with E-state index in [1.807, 2.05) is 35.9 Å². The summed E-state index contributed by atoms with van der Waals surface area (Å²) in [7, 11) is 1.95. The van der Waals surface area contributed by atoms with E-state index in [0.29, 0.717) is 11.7 Å². The Morgan fingerprint density at radius 3 is 2.61 bits per heavy atom. The quantitative estimate of drug-likeness (QED) is 0.895. The van der Waals surface area contributed by atoms with E-state index in [4.69, 9.17) is 0 Å². The van der Waals surface area contributed by atoms with Gasteiger partial charge in [0.25, 0.3) is 0 Å². The molecule has 0 aliphatic heterocycles. The van der Waals surface area contributed by atoms with Crippen molar-refractivity contribution in [3.63, 3.8) is 0 Å². The number of nitrogens with zero attached hydrogens (tertiary/aromatic N) is 2. The van der Waals surface area contributed by atoms with Crippen LogP contribution in [0.2, 0.25) is 0 Å². The lowest BCUT2D eigenvalue weighted by Gasteiger charge is -2.08. The molecule has 1 heterocycles. The Bertz CT molecular complexity index is 568. The normalized spacial score (nSPS) is 11.6. The third kappa shape index (κ3) is 2.62. The highest BCUT2D eigenvalue weighted by molar-refractivity contribution is 5.69. The van der Waals surface area contributed by atoms with Crippen molar-refractivity contribution >= 4 is 12.2 Å². The topological polar surface area (TPSA) is 38.0 Å². The molecule has 0 spiro atoms. The molecule has 1 aromatic heterocycles. The van der Waals surface area contributed by atoms with Crippen LogP contribution in [0.4, 0.5) is 0 Å². The fraction of sp³-hybridized carbons (Fsp3) is 0.267. The van der Waals surface area contributed by atoms with E-state index in [-0.39, 0.29) is 0 Å². The van der Waals surface area contributed by atoms with Crippen molar-refractivity contribution in [3.8, 4) is 5.75 Å². The van der Waals surface area contributed by atoms with E-state index in [2.05, 4.69) is 18.8 Å². The molecule has 18 heavy (non-hydrogen) atoms. The van der Waals surface area contributed by atoms with E-state index in [1.54, 1.807) is 18.6 Å². The average Bonchev–Trinajstić information content (AvgIpc) is 2.72. The predicted octanol–water partition coefficient (Wildman–Crippen LogP) is 3.42. The molecule has 0 radical (unpaired) electrons. The van der Waals surface area contributed by atoms with Crippen molar-refractivity contribution in [1.29, 1.82) is 0 Å². The zero-order valence-electron chi connectivity index (χ0n) is 11.0. The van der Waals surface area contributed by atoms with Gasteiger partial charge < -0.3 is 9.67 Å². The van der Waals surface area contributed by atoms with Crippen molar-refractivity contribution in [3.05, 3.63) is 47.5 Å². The summed E-state index contributed by atoms with van der Waals surface area (Å²) in [5.41, 5.74) is 2.99. The monoisotopic (exact) mass is 242 g/mol. The standard InChI is InChI=1S/C15H18N2O/c1-11(2)14-7-5-12(8-15(14)18)4-6-13-9-16-10-17(13)3/h4-11,18H,1-3H3/b6-4+. The van der Waals surface area contributed by atoms with Gasteiger partial charge >= 0.3 is 0 Å². The van der Waals surface area contributed by atoms with Crippen LogP contribution in [0, 0.1) is 0 Å². The number of aromatic hydroxyl groups is 1. The molecule has 0 bridgehead atoms. The molecule has 94 valence electrons. The second-order valence-corrected chi connectivity index (χ2v) is 4.74. The second-order valence-electron chi connectivity index (χ2n) is 4.74. The number of phenolic OH excluding ortho intramolecular Hbond substituents is 1. The molecule has 0 unspecified atom stereocenters. The summed E-state index contributed by atoms with van der Waals surface area (Å²) in [6.07, 6.45) is 7.52. The molecule has 1 aromatic carbocycles. The third-order valence-electron chi connectivity index (χ3n) is 2.98. The van der Waals surface area contributed by atoms with E-state index in [9.17, 15) is 5.11 Å². The Kier molecular flexibility index (Phi) is 3.51. The van der Waals surface area contributed by atoms with Gasteiger partial charge in [0.15, 0.2) is 0 Å². The molecule has 0 aliphatic rings. The number of hydrogen-bond donors (Lipinski definition) is 1. The van der Waals surface area contributed by atoms with Crippen molar-refractivity contribution < 1.29 is 5.11 Å². The smallest absolute Gasteiger partial charge is 0.119 e. The van der Waals surface area contributed by atoms with Gasteiger partial charge in [-0.1, -0.05) is 32.1 Å². The highest BCUT2D eigenvalue weighted by Crippen LogP contribution is 2.26. The van der Waals surface area contributed by atoms with Gasteiger partial charge in [-0.2, -0.15) is 0 Å². The summed E-state index contributed by atoms with van der Waals surface area (Å²) in [5.74, 6) is 0.692. The molecule has 3 nitrogen and oxygen atoms in total. The number of phenols is 1. The van der Waals surface area contributed by atoms with Crippen LogP contribution >= 0.6 is 0 Å². The van der Waals surface area contributed by atoms with Gasteiger partial charge in [0.1, 0.15) is 5.75 Å². The minimum absolute atomic E-state index is 0.333. The van der Waals surface area contributed by atoms with Gasteiger partial charge in [-0.25, -0.2) is 4.98 Å². The van der Waals surface area contributed by atoms with Gasteiger partial charge in [0.2, 0.25) is 0 Å². The number of hydrogen-bond acceptors (Lipinski definition) is 2. The summed E-state index contributed by atoms with van der Waals surface area (Å²) in [4.78, 5) is 4.05. The van der Waals surface area contributed by atoms with Crippen LogP contribution in [0.15, 0.2) is 30.7 Å². The molecule has 0 atom stereocenters. The van der Waals surface area contributed by atoms with Crippen LogP contribution in [0.3, 0.4) is 0 Å². The number of aromatic nitrogens is 2. The van der Waals surface area contributed by atoms with Crippen molar-refractivity contribution in [2.45, 2.75) is 19.8 Å². The first kappa shape index (κ1) is 12.4. The van der Waals surface area contributed by atoms with Gasteiger partial charge in [-0.3, -0.25) is 0 Å². The van der Waals surface area contributed by atoms with Gasteiger partial charge in [0.05, 0.1) is 18.2 Å². The molecule has 0 saturated carbocycles. The fourth-order valence-electron chi connectivity index (χ4n) is 1.86.